The molecule has 0 radical (unpaired) electrons. The van der Waals surface area contributed by atoms with Crippen molar-refractivity contribution in [3.8, 4) is 0 Å². The molecule has 0 saturated carbocycles. The van der Waals surface area contributed by atoms with E-state index in [9.17, 15) is 14.4 Å². The van der Waals surface area contributed by atoms with E-state index in [0.717, 1.165) is 16.7 Å². The van der Waals surface area contributed by atoms with E-state index < -0.39 is 17.5 Å². The largest absolute Gasteiger partial charge is 0.353 e. The van der Waals surface area contributed by atoms with Crippen LogP contribution in [0.1, 0.15) is 18.4 Å². The van der Waals surface area contributed by atoms with Crippen LogP contribution in [0.5, 0.6) is 0 Å². The van der Waals surface area contributed by atoms with Gasteiger partial charge in [0.15, 0.2) is 0 Å². The first kappa shape index (κ1) is 20.9. The van der Waals surface area contributed by atoms with Gasteiger partial charge in [-0.15, -0.1) is 0 Å². The zero-order valence-electron chi connectivity index (χ0n) is 18.2. The molecule has 1 atom stereocenters. The van der Waals surface area contributed by atoms with Crippen LogP contribution in [0.3, 0.4) is 0 Å². The molecule has 0 spiro atoms. The fraction of sp³-hybridized carbons (Fsp3) is 0.280. The molecule has 2 saturated heterocycles. The van der Waals surface area contributed by atoms with Crippen molar-refractivity contribution in [2.24, 2.45) is 0 Å². The zero-order chi connectivity index (χ0) is 22.8. The molecule has 2 aliphatic heterocycles. The summed E-state index contributed by atoms with van der Waals surface area (Å²) >= 11 is 0. The second kappa shape index (κ2) is 8.54. The van der Waals surface area contributed by atoms with Crippen molar-refractivity contribution in [2.45, 2.75) is 18.4 Å². The number of piperazine rings is 1. The van der Waals surface area contributed by atoms with E-state index in [4.69, 9.17) is 4.98 Å². The molecule has 2 fully saturated rings. The first-order valence-corrected chi connectivity index (χ1v) is 11.1. The van der Waals surface area contributed by atoms with Crippen molar-refractivity contribution in [3.05, 3.63) is 72.3 Å². The second-order valence-electron chi connectivity index (χ2n) is 8.41. The Morgan fingerprint density at radius 3 is 2.36 bits per heavy atom. The van der Waals surface area contributed by atoms with Gasteiger partial charge in [0.25, 0.3) is 5.91 Å². The topological polar surface area (TPSA) is 94.6 Å². The number of para-hydroxylation sites is 1. The van der Waals surface area contributed by atoms with Gasteiger partial charge in [-0.25, -0.2) is 9.78 Å². The fourth-order valence-electron chi connectivity index (χ4n) is 4.61. The molecule has 168 valence electrons. The Hall–Kier alpha value is -3.94. The molecule has 2 aliphatic rings. The van der Waals surface area contributed by atoms with Gasteiger partial charge in [0.2, 0.25) is 5.91 Å². The SMILES string of the molecule is O=C1NC(=O)C(CCC(=O)N2CCN(c3ccc4ccccc4n3)CC2)(c2ccccc2)N1. The monoisotopic (exact) mass is 443 g/mol. The molecule has 1 aromatic heterocycles. The number of pyridine rings is 1. The molecule has 4 amide bonds. The second-order valence-corrected chi connectivity index (χ2v) is 8.41. The van der Waals surface area contributed by atoms with E-state index in [2.05, 4.69) is 21.6 Å². The summed E-state index contributed by atoms with van der Waals surface area (Å²) in [6.07, 6.45) is 0.372. The van der Waals surface area contributed by atoms with Crippen LogP contribution in [0.15, 0.2) is 66.7 Å². The molecule has 2 aromatic carbocycles. The van der Waals surface area contributed by atoms with Crippen LogP contribution in [0.2, 0.25) is 0 Å². The number of hydrogen-bond acceptors (Lipinski definition) is 5. The molecule has 2 N–H and O–H groups in total. The molecule has 5 rings (SSSR count). The Balaban J connectivity index is 1.23. The molecule has 0 aliphatic carbocycles. The van der Waals surface area contributed by atoms with Crippen LogP contribution in [-0.2, 0) is 15.1 Å². The Bertz CT molecular complexity index is 1210. The fourth-order valence-corrected chi connectivity index (χ4v) is 4.61. The molecular weight excluding hydrogens is 418 g/mol. The number of aromatic nitrogens is 1. The number of urea groups is 1. The smallest absolute Gasteiger partial charge is 0.322 e. The van der Waals surface area contributed by atoms with Crippen LogP contribution in [0.4, 0.5) is 10.6 Å². The summed E-state index contributed by atoms with van der Waals surface area (Å²) in [5.74, 6) is 0.471. The lowest BCUT2D eigenvalue weighted by Gasteiger charge is -2.36. The first-order chi connectivity index (χ1) is 16.0. The van der Waals surface area contributed by atoms with Crippen molar-refractivity contribution >= 4 is 34.6 Å². The van der Waals surface area contributed by atoms with Gasteiger partial charge in [-0.05, 0) is 30.2 Å². The predicted octanol–water partition coefficient (Wildman–Crippen LogP) is 2.40. The van der Waals surface area contributed by atoms with Gasteiger partial charge in [0.1, 0.15) is 11.4 Å². The number of nitrogens with one attached hydrogen (secondary N) is 2. The number of imide groups is 1. The van der Waals surface area contributed by atoms with Crippen LogP contribution < -0.4 is 15.5 Å². The van der Waals surface area contributed by atoms with Gasteiger partial charge < -0.3 is 15.1 Å². The molecule has 3 aromatic rings. The van der Waals surface area contributed by atoms with Crippen molar-refractivity contribution in [1.29, 1.82) is 0 Å². The van der Waals surface area contributed by atoms with E-state index in [1.54, 1.807) is 12.1 Å². The van der Waals surface area contributed by atoms with Gasteiger partial charge in [0, 0.05) is 38.0 Å². The lowest BCUT2D eigenvalue weighted by Crippen LogP contribution is -2.50. The third-order valence-electron chi connectivity index (χ3n) is 6.46. The lowest BCUT2D eigenvalue weighted by molar-refractivity contribution is -0.132. The van der Waals surface area contributed by atoms with Crippen molar-refractivity contribution in [1.82, 2.24) is 20.5 Å². The standard InChI is InChI=1S/C25H25N5O3/c31-22(12-13-25(19-7-2-1-3-8-19)23(32)27-24(33)28-25)30-16-14-29(15-17-30)21-11-10-18-6-4-5-9-20(18)26-21/h1-11H,12-17H2,(H2,27,28,32,33). The zero-order valence-corrected chi connectivity index (χ0v) is 18.2. The van der Waals surface area contributed by atoms with Crippen molar-refractivity contribution in [3.63, 3.8) is 0 Å². The molecule has 1 unspecified atom stereocenters. The van der Waals surface area contributed by atoms with Crippen LogP contribution >= 0.6 is 0 Å². The number of hydrogen-bond donors (Lipinski definition) is 2. The molecule has 0 bridgehead atoms. The highest BCUT2D eigenvalue weighted by atomic mass is 16.2. The third-order valence-corrected chi connectivity index (χ3v) is 6.46. The van der Waals surface area contributed by atoms with Gasteiger partial charge in [-0.3, -0.25) is 14.9 Å². The summed E-state index contributed by atoms with van der Waals surface area (Å²) in [5, 5.41) is 6.17. The molecule has 8 heteroatoms. The lowest BCUT2D eigenvalue weighted by atomic mass is 9.85. The third kappa shape index (κ3) is 4.00. The van der Waals surface area contributed by atoms with Gasteiger partial charge in [-0.2, -0.15) is 0 Å². The van der Waals surface area contributed by atoms with Crippen LogP contribution in [0.25, 0.3) is 10.9 Å². The molecule has 33 heavy (non-hydrogen) atoms. The Morgan fingerprint density at radius 1 is 0.909 bits per heavy atom. The molecular formula is C25H25N5O3. The Kier molecular flexibility index (Phi) is 5.42. The number of carbonyl (C=O) groups is 3. The summed E-state index contributed by atoms with van der Waals surface area (Å²) in [6.45, 7) is 2.56. The van der Waals surface area contributed by atoms with E-state index >= 15 is 0 Å². The maximum absolute atomic E-state index is 13.0. The Labute approximate surface area is 191 Å². The normalized spacial score (nSPS) is 20.6. The van der Waals surface area contributed by atoms with E-state index in [1.807, 2.05) is 53.4 Å². The number of benzene rings is 2. The average Bonchev–Trinajstić information content (AvgIpc) is 3.16. The minimum atomic E-state index is -1.22. The number of carbonyl (C=O) groups excluding carboxylic acids is 3. The minimum Gasteiger partial charge on any atom is -0.353 e. The number of nitrogens with zero attached hydrogens (tertiary/aromatic N) is 3. The van der Waals surface area contributed by atoms with Crippen LogP contribution in [0, 0.1) is 0 Å². The van der Waals surface area contributed by atoms with Crippen LogP contribution in [-0.4, -0.2) is 53.9 Å². The van der Waals surface area contributed by atoms with Crippen molar-refractivity contribution < 1.29 is 14.4 Å². The van der Waals surface area contributed by atoms with E-state index in [0.29, 0.717) is 31.7 Å². The average molecular weight is 444 g/mol. The van der Waals surface area contributed by atoms with E-state index in [-0.39, 0.29) is 18.7 Å². The quantitative estimate of drug-likeness (QED) is 0.591. The van der Waals surface area contributed by atoms with E-state index in [1.165, 1.54) is 0 Å². The highest BCUT2D eigenvalue weighted by Gasteiger charge is 2.47. The highest BCUT2D eigenvalue weighted by Crippen LogP contribution is 2.30. The summed E-state index contributed by atoms with van der Waals surface area (Å²) in [5.41, 5.74) is 0.412. The van der Waals surface area contributed by atoms with Gasteiger partial charge in [0.05, 0.1) is 5.52 Å². The summed E-state index contributed by atoms with van der Waals surface area (Å²) in [7, 11) is 0. The van der Waals surface area contributed by atoms with Crippen molar-refractivity contribution in [2.75, 3.05) is 31.1 Å². The number of anilines is 1. The highest BCUT2D eigenvalue weighted by molar-refractivity contribution is 6.07. The number of amides is 4. The maximum Gasteiger partial charge on any atom is 0.322 e. The Morgan fingerprint density at radius 2 is 1.64 bits per heavy atom. The summed E-state index contributed by atoms with van der Waals surface area (Å²) in [6, 6.07) is 20.6. The molecule has 8 nitrogen and oxygen atoms in total. The first-order valence-electron chi connectivity index (χ1n) is 11.1. The summed E-state index contributed by atoms with van der Waals surface area (Å²) in [4.78, 5) is 46.3. The van der Waals surface area contributed by atoms with Gasteiger partial charge in [-0.1, -0.05) is 48.5 Å². The minimum absolute atomic E-state index is 0.0228. The number of fused-ring (bicyclic) bond motifs is 1. The summed E-state index contributed by atoms with van der Waals surface area (Å²) < 4.78 is 0. The predicted molar refractivity (Wildman–Crippen MR) is 125 cm³/mol. The molecule has 3 heterocycles. The number of rotatable bonds is 5. The van der Waals surface area contributed by atoms with Gasteiger partial charge >= 0.3 is 6.03 Å². The maximum atomic E-state index is 13.0.